The Morgan fingerprint density at radius 1 is 1.29 bits per heavy atom. The number of nitrogens with zero attached hydrogens (tertiary/aromatic N) is 4. The summed E-state index contributed by atoms with van der Waals surface area (Å²) in [6.07, 6.45) is 10.1. The van der Waals surface area contributed by atoms with Crippen LogP contribution in [0.1, 0.15) is 72.9 Å². The van der Waals surface area contributed by atoms with Crippen molar-refractivity contribution in [2.75, 3.05) is 13.1 Å². The molecule has 1 aliphatic carbocycles. The van der Waals surface area contributed by atoms with E-state index in [4.69, 9.17) is 9.62 Å². The van der Waals surface area contributed by atoms with Crippen molar-refractivity contribution in [1.29, 1.82) is 0 Å². The van der Waals surface area contributed by atoms with Gasteiger partial charge in [0.1, 0.15) is 6.26 Å². The third-order valence-electron chi connectivity index (χ3n) is 5.94. The standard InChI is InChI=1S/C21H31N5O2/c1-2-10-26-19-8-7-16(22-15-17-9-13-28-24-17)14-18(19)20(23-26)21(27)25-11-5-3-4-6-12-25/h9,13,16,22H,2-8,10-12,14-15H2,1H3/t16-/m0/s1. The van der Waals surface area contributed by atoms with Gasteiger partial charge in [0.2, 0.25) is 0 Å². The van der Waals surface area contributed by atoms with Gasteiger partial charge in [-0.2, -0.15) is 5.10 Å². The maximum Gasteiger partial charge on any atom is 0.274 e. The van der Waals surface area contributed by atoms with Crippen LogP contribution in [0.3, 0.4) is 0 Å². The molecule has 1 fully saturated rings. The lowest BCUT2D eigenvalue weighted by molar-refractivity contribution is 0.0753. The fourth-order valence-electron chi connectivity index (χ4n) is 4.43. The van der Waals surface area contributed by atoms with Crippen LogP contribution >= 0.6 is 0 Å². The molecule has 0 bridgehead atoms. The molecule has 7 heteroatoms. The SMILES string of the molecule is CCCn1nc(C(=O)N2CCCCCC2)c2c1CC[C@H](NCc1ccon1)C2. The Bertz CT molecular complexity index is 775. The van der Waals surface area contributed by atoms with Crippen molar-refractivity contribution in [1.82, 2.24) is 25.2 Å². The minimum atomic E-state index is 0.130. The zero-order valence-electron chi connectivity index (χ0n) is 16.8. The lowest BCUT2D eigenvalue weighted by atomic mass is 9.91. The van der Waals surface area contributed by atoms with Crippen molar-refractivity contribution >= 4 is 5.91 Å². The number of likely N-dealkylation sites (tertiary alicyclic amines) is 1. The van der Waals surface area contributed by atoms with Gasteiger partial charge in [-0.15, -0.1) is 0 Å². The van der Waals surface area contributed by atoms with Gasteiger partial charge in [0, 0.05) is 49.5 Å². The molecule has 1 atom stereocenters. The van der Waals surface area contributed by atoms with Crippen LogP contribution in [-0.2, 0) is 25.9 Å². The van der Waals surface area contributed by atoms with E-state index in [0.29, 0.717) is 18.3 Å². The van der Waals surface area contributed by atoms with E-state index in [1.54, 1.807) is 6.26 Å². The van der Waals surface area contributed by atoms with Gasteiger partial charge in [0.15, 0.2) is 5.69 Å². The third-order valence-corrected chi connectivity index (χ3v) is 5.94. The maximum atomic E-state index is 13.3. The predicted molar refractivity (Wildman–Crippen MR) is 106 cm³/mol. The quantitative estimate of drug-likeness (QED) is 0.827. The Kier molecular flexibility index (Phi) is 6.10. The second-order valence-corrected chi connectivity index (χ2v) is 8.01. The average Bonchev–Trinajstić information content (AvgIpc) is 3.26. The van der Waals surface area contributed by atoms with Crippen LogP contribution in [0.15, 0.2) is 16.9 Å². The highest BCUT2D eigenvalue weighted by Gasteiger charge is 2.31. The molecule has 3 heterocycles. The highest BCUT2D eigenvalue weighted by Crippen LogP contribution is 2.27. The van der Waals surface area contributed by atoms with Gasteiger partial charge < -0.3 is 14.7 Å². The summed E-state index contributed by atoms with van der Waals surface area (Å²) in [7, 11) is 0. The van der Waals surface area contributed by atoms with Gasteiger partial charge in [-0.1, -0.05) is 24.9 Å². The topological polar surface area (TPSA) is 76.2 Å². The number of hydrogen-bond donors (Lipinski definition) is 1. The molecule has 2 aromatic rings. The van der Waals surface area contributed by atoms with E-state index in [2.05, 4.69) is 22.1 Å². The molecule has 0 radical (unpaired) electrons. The van der Waals surface area contributed by atoms with Crippen molar-refractivity contribution < 1.29 is 9.32 Å². The lowest BCUT2D eigenvalue weighted by Gasteiger charge is -2.25. The van der Waals surface area contributed by atoms with Crippen molar-refractivity contribution in [3.8, 4) is 0 Å². The minimum Gasteiger partial charge on any atom is -0.364 e. The van der Waals surface area contributed by atoms with Gasteiger partial charge in [-0.3, -0.25) is 9.48 Å². The zero-order chi connectivity index (χ0) is 19.3. The number of rotatable bonds is 6. The van der Waals surface area contributed by atoms with Crippen LogP contribution in [0.2, 0.25) is 0 Å². The van der Waals surface area contributed by atoms with Gasteiger partial charge >= 0.3 is 0 Å². The molecule has 2 aliphatic rings. The number of hydrogen-bond acceptors (Lipinski definition) is 5. The van der Waals surface area contributed by atoms with Crippen LogP contribution in [-0.4, -0.2) is 44.9 Å². The van der Waals surface area contributed by atoms with E-state index in [9.17, 15) is 4.79 Å². The molecule has 0 saturated carbocycles. The molecule has 1 saturated heterocycles. The van der Waals surface area contributed by atoms with E-state index >= 15 is 0 Å². The molecular formula is C21H31N5O2. The average molecular weight is 386 g/mol. The fourth-order valence-corrected chi connectivity index (χ4v) is 4.43. The van der Waals surface area contributed by atoms with Crippen LogP contribution < -0.4 is 5.32 Å². The molecule has 1 amide bonds. The van der Waals surface area contributed by atoms with E-state index in [-0.39, 0.29) is 5.91 Å². The maximum absolute atomic E-state index is 13.3. The number of carbonyl (C=O) groups excluding carboxylic acids is 1. The van der Waals surface area contributed by atoms with Crippen molar-refractivity contribution in [2.24, 2.45) is 0 Å². The van der Waals surface area contributed by atoms with Crippen molar-refractivity contribution in [3.63, 3.8) is 0 Å². The summed E-state index contributed by atoms with van der Waals surface area (Å²) in [5.41, 5.74) is 4.03. The van der Waals surface area contributed by atoms with Gasteiger partial charge in [-0.25, -0.2) is 0 Å². The molecule has 1 aliphatic heterocycles. The monoisotopic (exact) mass is 385 g/mol. The first-order valence-corrected chi connectivity index (χ1v) is 10.8. The molecule has 2 aromatic heterocycles. The second-order valence-electron chi connectivity index (χ2n) is 8.01. The summed E-state index contributed by atoms with van der Waals surface area (Å²) in [5, 5.41) is 12.4. The zero-order valence-corrected chi connectivity index (χ0v) is 16.8. The first-order valence-electron chi connectivity index (χ1n) is 10.8. The molecule has 152 valence electrons. The first-order chi connectivity index (χ1) is 13.8. The highest BCUT2D eigenvalue weighted by molar-refractivity contribution is 5.94. The second kappa shape index (κ2) is 8.90. The van der Waals surface area contributed by atoms with Gasteiger partial charge in [0.05, 0.1) is 5.69 Å². The summed E-state index contributed by atoms with van der Waals surface area (Å²) in [5.74, 6) is 0.130. The summed E-state index contributed by atoms with van der Waals surface area (Å²) >= 11 is 0. The van der Waals surface area contributed by atoms with E-state index in [1.165, 1.54) is 18.5 Å². The van der Waals surface area contributed by atoms with Crippen LogP contribution in [0.5, 0.6) is 0 Å². The summed E-state index contributed by atoms with van der Waals surface area (Å²) < 4.78 is 7.01. The number of aryl methyl sites for hydroxylation is 1. The Labute approximate surface area is 166 Å². The smallest absolute Gasteiger partial charge is 0.274 e. The Hall–Kier alpha value is -2.15. The molecule has 28 heavy (non-hydrogen) atoms. The summed E-state index contributed by atoms with van der Waals surface area (Å²) in [6, 6.07) is 2.22. The molecule has 7 nitrogen and oxygen atoms in total. The molecular weight excluding hydrogens is 354 g/mol. The van der Waals surface area contributed by atoms with E-state index in [1.807, 2.05) is 11.0 Å². The number of carbonyl (C=O) groups is 1. The minimum absolute atomic E-state index is 0.130. The molecule has 0 spiro atoms. The number of aromatic nitrogens is 3. The van der Waals surface area contributed by atoms with Gasteiger partial charge in [0.25, 0.3) is 5.91 Å². The highest BCUT2D eigenvalue weighted by atomic mass is 16.5. The van der Waals surface area contributed by atoms with E-state index < -0.39 is 0 Å². The summed E-state index contributed by atoms with van der Waals surface area (Å²) in [4.78, 5) is 15.3. The fraction of sp³-hybridized carbons (Fsp3) is 0.667. The van der Waals surface area contributed by atoms with Crippen molar-refractivity contribution in [3.05, 3.63) is 35.0 Å². The number of amides is 1. The number of nitrogens with one attached hydrogen (secondary N) is 1. The van der Waals surface area contributed by atoms with Gasteiger partial charge in [-0.05, 0) is 38.5 Å². The largest absolute Gasteiger partial charge is 0.364 e. The molecule has 0 unspecified atom stereocenters. The normalized spacial score (nSPS) is 20.0. The first kappa shape index (κ1) is 19.2. The van der Waals surface area contributed by atoms with Crippen molar-refractivity contribution in [2.45, 2.75) is 77.4 Å². The van der Waals surface area contributed by atoms with E-state index in [0.717, 1.165) is 69.4 Å². The molecule has 1 N–H and O–H groups in total. The third kappa shape index (κ3) is 4.14. The predicted octanol–water partition coefficient (Wildman–Crippen LogP) is 2.94. The Morgan fingerprint density at radius 3 is 2.82 bits per heavy atom. The lowest BCUT2D eigenvalue weighted by Crippen LogP contribution is -2.36. The number of fused-ring (bicyclic) bond motifs is 1. The van der Waals surface area contributed by atoms with Crippen LogP contribution in [0.4, 0.5) is 0 Å². The van der Waals surface area contributed by atoms with Crippen LogP contribution in [0.25, 0.3) is 0 Å². The Balaban J connectivity index is 1.53. The molecule has 0 aromatic carbocycles. The van der Waals surface area contributed by atoms with Crippen LogP contribution in [0, 0.1) is 0 Å². The molecule has 4 rings (SSSR count). The Morgan fingerprint density at radius 2 is 2.11 bits per heavy atom. The summed E-state index contributed by atoms with van der Waals surface area (Å²) in [6.45, 7) is 5.46.